The van der Waals surface area contributed by atoms with E-state index in [-0.39, 0.29) is 12.5 Å². The lowest BCUT2D eigenvalue weighted by molar-refractivity contribution is -0.126. The maximum absolute atomic E-state index is 11.8. The highest BCUT2D eigenvalue weighted by Gasteiger charge is 2.05. The number of amides is 1. The van der Waals surface area contributed by atoms with Gasteiger partial charge in [-0.25, -0.2) is 4.98 Å². The van der Waals surface area contributed by atoms with Crippen molar-refractivity contribution < 1.29 is 9.53 Å². The average Bonchev–Trinajstić information content (AvgIpc) is 2.97. The minimum absolute atomic E-state index is 0.0332. The van der Waals surface area contributed by atoms with E-state index in [1.165, 1.54) is 0 Å². The minimum Gasteiger partial charge on any atom is -0.364 e. The lowest BCUT2D eigenvalue weighted by atomic mass is 10.1. The number of hydrogen-bond acceptors (Lipinski definition) is 4. The first kappa shape index (κ1) is 16.9. The number of nitrogens with one attached hydrogen (secondary N) is 1. The highest BCUT2D eigenvalue weighted by molar-refractivity contribution is 7.18. The summed E-state index contributed by atoms with van der Waals surface area (Å²) in [5, 5.41) is 4.42. The summed E-state index contributed by atoms with van der Waals surface area (Å²) in [6.45, 7) is 0.941. The number of nitrogens with zero attached hydrogens (tertiary/aromatic N) is 1. The fourth-order valence-electron chi connectivity index (χ4n) is 2.30. The number of benzene rings is 2. The zero-order chi connectivity index (χ0) is 16.8. The third-order valence-corrected chi connectivity index (χ3v) is 4.67. The van der Waals surface area contributed by atoms with Gasteiger partial charge in [0, 0.05) is 11.6 Å². The van der Waals surface area contributed by atoms with Crippen molar-refractivity contribution in [2.75, 3.05) is 13.2 Å². The van der Waals surface area contributed by atoms with Gasteiger partial charge in [-0.2, -0.15) is 0 Å². The minimum atomic E-state index is -0.127. The molecular formula is C18H17ClN2O2S. The number of aromatic nitrogens is 1. The number of thiazole rings is 1. The number of fused-ring (bicyclic) bond motifs is 1. The van der Waals surface area contributed by atoms with Crippen LogP contribution in [0.25, 0.3) is 10.2 Å². The Morgan fingerprint density at radius 3 is 2.92 bits per heavy atom. The molecule has 24 heavy (non-hydrogen) atoms. The monoisotopic (exact) mass is 360 g/mol. The molecule has 124 valence electrons. The Labute approximate surface area is 149 Å². The Balaban J connectivity index is 1.38. The number of hydrogen-bond donors (Lipinski definition) is 1. The molecule has 0 unspecified atom stereocenters. The second-order valence-corrected chi connectivity index (χ2v) is 6.85. The average molecular weight is 361 g/mol. The third kappa shape index (κ3) is 4.77. The molecule has 0 radical (unpaired) electrons. The third-order valence-electron chi connectivity index (χ3n) is 3.42. The summed E-state index contributed by atoms with van der Waals surface area (Å²) in [5.74, 6) is -0.127. The van der Waals surface area contributed by atoms with E-state index in [4.69, 9.17) is 16.3 Å². The number of carbonyl (C=O) groups excluding carboxylic acids is 1. The molecule has 2 aromatic carbocycles. The van der Waals surface area contributed by atoms with Crippen LogP contribution >= 0.6 is 22.9 Å². The SMILES string of the molecule is O=C(COCc1nc2ccccc2s1)NCCc1cccc(Cl)c1. The molecule has 0 spiro atoms. The number of halogens is 1. The van der Waals surface area contributed by atoms with Crippen LogP contribution in [0.5, 0.6) is 0 Å². The normalized spacial score (nSPS) is 10.9. The molecule has 6 heteroatoms. The van der Waals surface area contributed by atoms with Gasteiger partial charge >= 0.3 is 0 Å². The van der Waals surface area contributed by atoms with Gasteiger partial charge in [0.05, 0.1) is 16.8 Å². The molecule has 1 N–H and O–H groups in total. The van der Waals surface area contributed by atoms with Gasteiger partial charge in [0.25, 0.3) is 0 Å². The summed E-state index contributed by atoms with van der Waals surface area (Å²) in [6, 6.07) is 15.6. The van der Waals surface area contributed by atoms with Crippen LogP contribution in [-0.4, -0.2) is 24.0 Å². The lowest BCUT2D eigenvalue weighted by Crippen LogP contribution is -2.29. The van der Waals surface area contributed by atoms with E-state index in [0.717, 1.165) is 27.2 Å². The molecule has 3 rings (SSSR count). The van der Waals surface area contributed by atoms with Crippen molar-refractivity contribution in [2.45, 2.75) is 13.0 Å². The van der Waals surface area contributed by atoms with Crippen molar-refractivity contribution >= 4 is 39.1 Å². The fraction of sp³-hybridized carbons (Fsp3) is 0.222. The molecule has 1 heterocycles. The topological polar surface area (TPSA) is 51.2 Å². The van der Waals surface area contributed by atoms with E-state index in [0.29, 0.717) is 18.2 Å². The molecule has 0 saturated carbocycles. The molecule has 4 nitrogen and oxygen atoms in total. The van der Waals surface area contributed by atoms with Gasteiger partial charge in [0.15, 0.2) is 0 Å². The van der Waals surface area contributed by atoms with Crippen LogP contribution in [0.3, 0.4) is 0 Å². The highest BCUT2D eigenvalue weighted by atomic mass is 35.5. The summed E-state index contributed by atoms with van der Waals surface area (Å²) in [5.41, 5.74) is 2.06. The molecule has 3 aromatic rings. The van der Waals surface area contributed by atoms with Crippen molar-refractivity contribution in [1.82, 2.24) is 10.3 Å². The van der Waals surface area contributed by atoms with Crippen molar-refractivity contribution in [1.29, 1.82) is 0 Å². The Kier molecular flexibility index (Phi) is 5.80. The van der Waals surface area contributed by atoms with Gasteiger partial charge in [0.2, 0.25) is 5.91 Å². The first-order valence-electron chi connectivity index (χ1n) is 7.64. The fourth-order valence-corrected chi connectivity index (χ4v) is 3.42. The van der Waals surface area contributed by atoms with Gasteiger partial charge in [-0.15, -0.1) is 11.3 Å². The van der Waals surface area contributed by atoms with E-state index >= 15 is 0 Å². The van der Waals surface area contributed by atoms with E-state index in [9.17, 15) is 4.79 Å². The maximum atomic E-state index is 11.8. The van der Waals surface area contributed by atoms with Crippen molar-refractivity contribution in [3.8, 4) is 0 Å². The van der Waals surface area contributed by atoms with Crippen LogP contribution in [0.2, 0.25) is 5.02 Å². The second-order valence-electron chi connectivity index (χ2n) is 5.30. The Bertz CT molecular complexity index is 802. The molecule has 1 amide bonds. The van der Waals surface area contributed by atoms with Crippen LogP contribution in [0.4, 0.5) is 0 Å². The predicted octanol–water partition coefficient (Wildman–Crippen LogP) is 3.83. The van der Waals surface area contributed by atoms with Crippen LogP contribution in [0.15, 0.2) is 48.5 Å². The van der Waals surface area contributed by atoms with Gasteiger partial charge in [-0.1, -0.05) is 35.9 Å². The molecule has 0 bridgehead atoms. The molecule has 0 atom stereocenters. The van der Waals surface area contributed by atoms with Crippen molar-refractivity contribution in [2.24, 2.45) is 0 Å². The van der Waals surface area contributed by atoms with E-state index in [1.807, 2.05) is 48.5 Å². The highest BCUT2D eigenvalue weighted by Crippen LogP contribution is 2.21. The molecule has 0 fully saturated rings. The molecule has 0 aliphatic rings. The van der Waals surface area contributed by atoms with Gasteiger partial charge in [0.1, 0.15) is 11.6 Å². The molecule has 0 saturated heterocycles. The van der Waals surface area contributed by atoms with Crippen LogP contribution in [-0.2, 0) is 22.6 Å². The van der Waals surface area contributed by atoms with E-state index in [1.54, 1.807) is 11.3 Å². The summed E-state index contributed by atoms with van der Waals surface area (Å²) >= 11 is 7.52. The smallest absolute Gasteiger partial charge is 0.246 e. The lowest BCUT2D eigenvalue weighted by Gasteiger charge is -2.06. The first-order valence-corrected chi connectivity index (χ1v) is 8.83. The number of carbonyl (C=O) groups is 1. The summed E-state index contributed by atoms with van der Waals surface area (Å²) in [4.78, 5) is 16.3. The number of ether oxygens (including phenoxy) is 1. The Hall–Kier alpha value is -1.95. The Morgan fingerprint density at radius 2 is 2.08 bits per heavy atom. The van der Waals surface area contributed by atoms with E-state index in [2.05, 4.69) is 10.3 Å². The zero-order valence-corrected chi connectivity index (χ0v) is 14.6. The molecule has 0 aliphatic heterocycles. The van der Waals surface area contributed by atoms with Crippen LogP contribution in [0, 0.1) is 0 Å². The second kappa shape index (κ2) is 8.24. The summed E-state index contributed by atoms with van der Waals surface area (Å²) in [7, 11) is 0. The molecule has 0 aliphatic carbocycles. The summed E-state index contributed by atoms with van der Waals surface area (Å²) in [6.07, 6.45) is 0.740. The quantitative estimate of drug-likeness (QED) is 0.696. The van der Waals surface area contributed by atoms with Gasteiger partial charge in [-0.3, -0.25) is 4.79 Å². The number of para-hydroxylation sites is 1. The number of rotatable bonds is 7. The predicted molar refractivity (Wildman–Crippen MR) is 97.4 cm³/mol. The summed E-state index contributed by atoms with van der Waals surface area (Å²) < 4.78 is 6.57. The zero-order valence-electron chi connectivity index (χ0n) is 13.0. The van der Waals surface area contributed by atoms with Crippen molar-refractivity contribution in [3.05, 3.63) is 64.1 Å². The van der Waals surface area contributed by atoms with Crippen LogP contribution in [0.1, 0.15) is 10.6 Å². The standard InChI is InChI=1S/C18H17ClN2O2S/c19-14-5-3-4-13(10-14)8-9-20-17(22)11-23-12-18-21-15-6-1-2-7-16(15)24-18/h1-7,10H,8-9,11-12H2,(H,20,22). The molecular weight excluding hydrogens is 344 g/mol. The van der Waals surface area contributed by atoms with Crippen LogP contribution < -0.4 is 5.32 Å². The van der Waals surface area contributed by atoms with E-state index < -0.39 is 0 Å². The maximum Gasteiger partial charge on any atom is 0.246 e. The Morgan fingerprint density at radius 1 is 1.21 bits per heavy atom. The van der Waals surface area contributed by atoms with Gasteiger partial charge < -0.3 is 10.1 Å². The van der Waals surface area contributed by atoms with Crippen molar-refractivity contribution in [3.63, 3.8) is 0 Å². The molecule has 1 aromatic heterocycles. The largest absolute Gasteiger partial charge is 0.364 e. The van der Waals surface area contributed by atoms with Gasteiger partial charge in [-0.05, 0) is 36.2 Å². The first-order chi connectivity index (χ1) is 11.7.